The number of benzene rings is 1. The van der Waals surface area contributed by atoms with Gasteiger partial charge < -0.3 is 0 Å². The van der Waals surface area contributed by atoms with Gasteiger partial charge in [-0.25, -0.2) is 16.8 Å². The molecule has 0 amide bonds. The van der Waals surface area contributed by atoms with Crippen LogP contribution in [-0.2, 0) is 19.7 Å². The Morgan fingerprint density at radius 2 is 0.900 bits per heavy atom. The fraction of sp³-hybridized carbons (Fsp3) is 0.571. The third kappa shape index (κ3) is 2.76. The Kier molecular flexibility index (Phi) is 4.16. The number of hydrogen-bond acceptors (Lipinski definition) is 4. The van der Waals surface area contributed by atoms with Crippen molar-refractivity contribution in [3.63, 3.8) is 0 Å². The Morgan fingerprint density at radius 1 is 0.650 bits per heavy atom. The smallest absolute Gasteiger partial charge is 0.184 e. The number of rotatable bonds is 2. The van der Waals surface area contributed by atoms with Gasteiger partial charge in [0.2, 0.25) is 0 Å². The fourth-order valence-corrected chi connectivity index (χ4v) is 4.71. The van der Waals surface area contributed by atoms with Crippen LogP contribution in [0, 0.1) is 0 Å². The summed E-state index contributed by atoms with van der Waals surface area (Å²) in [7, 11) is -7.46. The van der Waals surface area contributed by atoms with Crippen molar-refractivity contribution in [1.29, 1.82) is 0 Å². The molecule has 1 rings (SSSR count). The average Bonchev–Trinajstić information content (AvgIpc) is 2.26. The van der Waals surface area contributed by atoms with Gasteiger partial charge in [-0.3, -0.25) is 0 Å². The van der Waals surface area contributed by atoms with Gasteiger partial charge in [-0.15, -0.1) is 0 Å². The fourth-order valence-electron chi connectivity index (χ4n) is 1.55. The molecule has 0 fully saturated rings. The van der Waals surface area contributed by atoms with Gasteiger partial charge in [0.05, 0.1) is 19.3 Å². The first kappa shape index (κ1) is 17.2. The van der Waals surface area contributed by atoms with Crippen LogP contribution in [0.1, 0.15) is 41.5 Å². The number of sulfone groups is 2. The molecule has 0 atom stereocenters. The third-order valence-corrected chi connectivity index (χ3v) is 8.26. The van der Waals surface area contributed by atoms with Crippen LogP contribution in [-0.4, -0.2) is 26.3 Å². The first-order valence-electron chi connectivity index (χ1n) is 6.31. The summed E-state index contributed by atoms with van der Waals surface area (Å²) in [6, 6.07) is 5.80. The maximum Gasteiger partial charge on any atom is 0.184 e. The maximum atomic E-state index is 12.6. The van der Waals surface area contributed by atoms with E-state index in [-0.39, 0.29) is 9.79 Å². The van der Waals surface area contributed by atoms with Crippen LogP contribution in [0.5, 0.6) is 0 Å². The summed E-state index contributed by atoms with van der Waals surface area (Å²) >= 11 is 0. The molecule has 0 aliphatic carbocycles. The molecular weight excluding hydrogens is 296 g/mol. The van der Waals surface area contributed by atoms with Gasteiger partial charge in [0, 0.05) is 0 Å². The minimum atomic E-state index is -3.73. The lowest BCUT2D eigenvalue weighted by Crippen LogP contribution is -2.33. The van der Waals surface area contributed by atoms with Crippen LogP contribution in [0.3, 0.4) is 0 Å². The molecule has 0 spiro atoms. The summed E-state index contributed by atoms with van der Waals surface area (Å²) in [5.41, 5.74) is 0. The van der Waals surface area contributed by atoms with Crippen LogP contribution in [0.25, 0.3) is 0 Å². The molecule has 1 aromatic carbocycles. The maximum absolute atomic E-state index is 12.6. The van der Waals surface area contributed by atoms with Crippen molar-refractivity contribution >= 4 is 19.7 Å². The molecule has 0 saturated carbocycles. The average molecular weight is 318 g/mol. The molecule has 0 saturated heterocycles. The first-order valence-corrected chi connectivity index (χ1v) is 9.28. The number of hydrogen-bond donors (Lipinski definition) is 0. The zero-order valence-electron chi connectivity index (χ0n) is 12.8. The molecule has 0 N–H and O–H groups in total. The molecule has 0 radical (unpaired) electrons. The van der Waals surface area contributed by atoms with Gasteiger partial charge in [-0.05, 0) is 53.7 Å². The van der Waals surface area contributed by atoms with Crippen LogP contribution >= 0.6 is 0 Å². The molecule has 20 heavy (non-hydrogen) atoms. The van der Waals surface area contributed by atoms with Crippen LogP contribution in [0.2, 0.25) is 0 Å². The predicted molar refractivity (Wildman–Crippen MR) is 80.3 cm³/mol. The summed E-state index contributed by atoms with van der Waals surface area (Å²) in [4.78, 5) is -0.246. The van der Waals surface area contributed by atoms with Gasteiger partial charge in [-0.2, -0.15) is 0 Å². The molecule has 0 aliphatic heterocycles. The van der Waals surface area contributed by atoms with Crippen molar-refractivity contribution in [3.8, 4) is 0 Å². The van der Waals surface area contributed by atoms with E-state index < -0.39 is 29.2 Å². The molecular formula is C14H22O4S2. The quantitative estimate of drug-likeness (QED) is 0.841. The minimum absolute atomic E-state index is 0.123. The predicted octanol–water partition coefficient (Wildman–Crippen LogP) is 2.83. The Morgan fingerprint density at radius 3 is 1.10 bits per heavy atom. The SMILES string of the molecule is CC(C)(C)S(=O)(=O)c1ccccc1S(=O)(=O)C(C)(C)C. The first-order chi connectivity index (χ1) is 8.73. The van der Waals surface area contributed by atoms with E-state index in [0.717, 1.165) is 0 Å². The lowest BCUT2D eigenvalue weighted by Gasteiger charge is -2.25. The van der Waals surface area contributed by atoms with E-state index in [1.165, 1.54) is 12.1 Å². The zero-order valence-corrected chi connectivity index (χ0v) is 14.4. The molecule has 0 aliphatic rings. The van der Waals surface area contributed by atoms with Crippen molar-refractivity contribution in [2.45, 2.75) is 60.8 Å². The molecule has 4 nitrogen and oxygen atoms in total. The van der Waals surface area contributed by atoms with Crippen molar-refractivity contribution in [2.75, 3.05) is 0 Å². The van der Waals surface area contributed by atoms with Crippen molar-refractivity contribution in [2.24, 2.45) is 0 Å². The third-order valence-electron chi connectivity index (χ3n) is 3.04. The van der Waals surface area contributed by atoms with Crippen LogP contribution in [0.15, 0.2) is 34.1 Å². The highest BCUT2D eigenvalue weighted by molar-refractivity contribution is 7.95. The largest absolute Gasteiger partial charge is 0.223 e. The Balaban J connectivity index is 3.75. The van der Waals surface area contributed by atoms with Crippen molar-refractivity contribution in [3.05, 3.63) is 24.3 Å². The van der Waals surface area contributed by atoms with E-state index in [9.17, 15) is 16.8 Å². The summed E-state index contributed by atoms with van der Waals surface area (Å²) < 4.78 is 48.2. The van der Waals surface area contributed by atoms with E-state index in [2.05, 4.69) is 0 Å². The van der Waals surface area contributed by atoms with Crippen LogP contribution in [0.4, 0.5) is 0 Å². The van der Waals surface area contributed by atoms with Gasteiger partial charge in [0.25, 0.3) is 0 Å². The van der Waals surface area contributed by atoms with E-state index in [4.69, 9.17) is 0 Å². The highest BCUT2D eigenvalue weighted by Crippen LogP contribution is 2.34. The molecule has 0 heterocycles. The summed E-state index contributed by atoms with van der Waals surface area (Å²) in [5.74, 6) is 0. The van der Waals surface area contributed by atoms with E-state index in [0.29, 0.717) is 0 Å². The lowest BCUT2D eigenvalue weighted by molar-refractivity contribution is 0.546. The molecule has 0 unspecified atom stereocenters. The Labute approximate surface area is 122 Å². The highest BCUT2D eigenvalue weighted by Gasteiger charge is 2.39. The summed E-state index contributed by atoms with van der Waals surface area (Å²) in [6.07, 6.45) is 0. The molecule has 0 bridgehead atoms. The highest BCUT2D eigenvalue weighted by atomic mass is 32.2. The van der Waals surface area contributed by atoms with Crippen molar-refractivity contribution in [1.82, 2.24) is 0 Å². The second kappa shape index (κ2) is 4.84. The Hall–Kier alpha value is -0.880. The minimum Gasteiger partial charge on any atom is -0.223 e. The van der Waals surface area contributed by atoms with Gasteiger partial charge in [0.1, 0.15) is 0 Å². The summed E-state index contributed by atoms with van der Waals surface area (Å²) in [5, 5.41) is 0. The second-order valence-corrected chi connectivity index (χ2v) is 12.0. The summed E-state index contributed by atoms with van der Waals surface area (Å²) in [6.45, 7) is 9.35. The Bertz CT molecular complexity index is 637. The monoisotopic (exact) mass is 318 g/mol. The normalized spacial score (nSPS) is 14.3. The molecule has 1 aromatic rings. The zero-order chi connectivity index (χ0) is 16.0. The van der Waals surface area contributed by atoms with Gasteiger partial charge in [0.15, 0.2) is 19.7 Å². The van der Waals surface area contributed by atoms with Crippen LogP contribution < -0.4 is 0 Å². The standard InChI is InChI=1S/C14H22O4S2/c1-13(2,3)19(15,16)11-9-7-8-10-12(11)20(17,18)14(4,5)6/h7-10H,1-6H3. The van der Waals surface area contributed by atoms with E-state index >= 15 is 0 Å². The second-order valence-electron chi connectivity index (χ2n) is 6.68. The van der Waals surface area contributed by atoms with Gasteiger partial charge in [-0.1, -0.05) is 12.1 Å². The van der Waals surface area contributed by atoms with Crippen molar-refractivity contribution < 1.29 is 16.8 Å². The van der Waals surface area contributed by atoms with E-state index in [1.54, 1.807) is 53.7 Å². The topological polar surface area (TPSA) is 68.3 Å². The van der Waals surface area contributed by atoms with E-state index in [1.807, 2.05) is 0 Å². The lowest BCUT2D eigenvalue weighted by atomic mass is 10.3. The van der Waals surface area contributed by atoms with Gasteiger partial charge >= 0.3 is 0 Å². The molecule has 6 heteroatoms. The molecule has 114 valence electrons. The molecule has 0 aromatic heterocycles.